The number of fused-ring (bicyclic) bond motifs is 1. The summed E-state index contributed by atoms with van der Waals surface area (Å²) in [6.07, 6.45) is 3.99. The molecule has 1 aliphatic rings. The van der Waals surface area contributed by atoms with Crippen molar-refractivity contribution in [3.63, 3.8) is 0 Å². The maximum atomic E-state index is 13.6. The maximum absolute atomic E-state index is 13.6. The Labute approximate surface area is 194 Å². The van der Waals surface area contributed by atoms with Crippen LogP contribution in [0.3, 0.4) is 0 Å². The summed E-state index contributed by atoms with van der Waals surface area (Å²) in [7, 11) is 2.86. The number of para-hydroxylation sites is 1. The van der Waals surface area contributed by atoms with E-state index >= 15 is 0 Å². The summed E-state index contributed by atoms with van der Waals surface area (Å²) in [6, 6.07) is 8.12. The van der Waals surface area contributed by atoms with Crippen LogP contribution in [0.5, 0.6) is 11.5 Å². The Morgan fingerprint density at radius 3 is 2.76 bits per heavy atom. The number of carbonyl (C=O) groups excluding carboxylic acids is 1. The van der Waals surface area contributed by atoms with Crippen molar-refractivity contribution in [1.29, 1.82) is 0 Å². The number of methoxy groups -OCH3 is 2. The number of hydrogen-bond acceptors (Lipinski definition) is 8. The van der Waals surface area contributed by atoms with Gasteiger partial charge in [-0.3, -0.25) is 9.36 Å². The molecule has 0 aliphatic carbocycles. The molecule has 0 bridgehead atoms. The number of hydrogen-bond donors (Lipinski definition) is 0. The van der Waals surface area contributed by atoms with E-state index in [1.54, 1.807) is 50.6 Å². The van der Waals surface area contributed by atoms with E-state index in [2.05, 4.69) is 4.99 Å². The molecule has 2 aromatic heterocycles. The zero-order chi connectivity index (χ0) is 23.5. The molecular weight excluding hydrogens is 444 g/mol. The van der Waals surface area contributed by atoms with E-state index in [0.29, 0.717) is 44.5 Å². The molecule has 0 radical (unpaired) electrons. The van der Waals surface area contributed by atoms with E-state index in [1.165, 1.54) is 23.0 Å². The Morgan fingerprint density at radius 2 is 2.09 bits per heavy atom. The van der Waals surface area contributed by atoms with Crippen molar-refractivity contribution in [2.45, 2.75) is 26.3 Å². The Bertz CT molecular complexity index is 1380. The van der Waals surface area contributed by atoms with Crippen molar-refractivity contribution < 1.29 is 23.4 Å². The molecule has 33 heavy (non-hydrogen) atoms. The van der Waals surface area contributed by atoms with Gasteiger partial charge in [-0.15, -0.1) is 0 Å². The van der Waals surface area contributed by atoms with Crippen molar-refractivity contribution in [2.24, 2.45) is 4.99 Å². The standard InChI is InChI=1S/C24H24N2O6S/c1-5-11-32-21-16(9-6-10-17(21)29-3)20-19(23(28)30-4)14(2)25-24-26(20)22(27)18(33-24)13-15-8-7-12-31-15/h6-10,12-13,20H,5,11H2,1-4H3/b18-13+/t20-/m0/s1. The first-order chi connectivity index (χ1) is 16.0. The number of allylic oxidation sites excluding steroid dienone is 1. The zero-order valence-corrected chi connectivity index (χ0v) is 19.6. The van der Waals surface area contributed by atoms with Gasteiger partial charge in [-0.05, 0) is 31.5 Å². The van der Waals surface area contributed by atoms with Gasteiger partial charge in [0.05, 0.1) is 42.9 Å². The fourth-order valence-electron chi connectivity index (χ4n) is 3.76. The first-order valence-electron chi connectivity index (χ1n) is 10.4. The van der Waals surface area contributed by atoms with E-state index in [0.717, 1.165) is 6.42 Å². The van der Waals surface area contributed by atoms with Crippen LogP contribution in [0.2, 0.25) is 0 Å². The highest BCUT2D eigenvalue weighted by molar-refractivity contribution is 7.07. The predicted octanol–water partition coefficient (Wildman–Crippen LogP) is 2.80. The van der Waals surface area contributed by atoms with E-state index in [9.17, 15) is 9.59 Å². The lowest BCUT2D eigenvalue weighted by atomic mass is 9.94. The lowest BCUT2D eigenvalue weighted by Gasteiger charge is -2.26. The molecule has 0 unspecified atom stereocenters. The summed E-state index contributed by atoms with van der Waals surface area (Å²) in [5.41, 5.74) is 1.06. The van der Waals surface area contributed by atoms with Gasteiger partial charge in [0.15, 0.2) is 16.3 Å². The van der Waals surface area contributed by atoms with E-state index < -0.39 is 12.0 Å². The molecule has 0 saturated carbocycles. The predicted molar refractivity (Wildman–Crippen MR) is 123 cm³/mol. The second-order valence-electron chi connectivity index (χ2n) is 7.32. The molecule has 0 spiro atoms. The van der Waals surface area contributed by atoms with Gasteiger partial charge in [-0.1, -0.05) is 30.4 Å². The molecule has 9 heteroatoms. The summed E-state index contributed by atoms with van der Waals surface area (Å²) in [5, 5.41) is 0. The monoisotopic (exact) mass is 468 g/mol. The summed E-state index contributed by atoms with van der Waals surface area (Å²) in [4.78, 5) is 31.5. The van der Waals surface area contributed by atoms with Crippen LogP contribution in [0.4, 0.5) is 0 Å². The van der Waals surface area contributed by atoms with Crippen molar-refractivity contribution in [3.8, 4) is 11.5 Å². The minimum absolute atomic E-state index is 0.268. The fraction of sp³-hybridized carbons (Fsp3) is 0.292. The Kier molecular flexibility index (Phi) is 6.50. The van der Waals surface area contributed by atoms with Crippen LogP contribution in [0.1, 0.15) is 37.6 Å². The average Bonchev–Trinajstić information content (AvgIpc) is 3.44. The molecule has 172 valence electrons. The van der Waals surface area contributed by atoms with Crippen molar-refractivity contribution in [3.05, 3.63) is 78.9 Å². The van der Waals surface area contributed by atoms with Crippen molar-refractivity contribution >= 4 is 23.4 Å². The third kappa shape index (κ3) is 4.11. The second kappa shape index (κ2) is 9.50. The highest BCUT2D eigenvalue weighted by Gasteiger charge is 2.35. The van der Waals surface area contributed by atoms with Gasteiger partial charge in [-0.25, -0.2) is 9.79 Å². The second-order valence-corrected chi connectivity index (χ2v) is 8.32. The van der Waals surface area contributed by atoms with Gasteiger partial charge in [0.25, 0.3) is 5.56 Å². The Balaban J connectivity index is 2.02. The number of rotatable bonds is 7. The topological polar surface area (TPSA) is 92.3 Å². The van der Waals surface area contributed by atoms with E-state index in [-0.39, 0.29) is 11.1 Å². The van der Waals surface area contributed by atoms with Crippen LogP contribution in [-0.2, 0) is 9.53 Å². The van der Waals surface area contributed by atoms with Crippen LogP contribution in [-0.4, -0.2) is 31.4 Å². The molecule has 1 aliphatic heterocycles. The molecule has 0 N–H and O–H groups in total. The Morgan fingerprint density at radius 1 is 1.27 bits per heavy atom. The number of aromatic nitrogens is 1. The first-order valence-corrected chi connectivity index (χ1v) is 11.3. The van der Waals surface area contributed by atoms with Crippen molar-refractivity contribution in [2.75, 3.05) is 20.8 Å². The van der Waals surface area contributed by atoms with Gasteiger partial charge < -0.3 is 18.6 Å². The van der Waals surface area contributed by atoms with Gasteiger partial charge in [0.2, 0.25) is 0 Å². The molecule has 1 atom stereocenters. The summed E-state index contributed by atoms with van der Waals surface area (Å²) < 4.78 is 24.0. The smallest absolute Gasteiger partial charge is 0.338 e. The molecular formula is C24H24N2O6S. The molecule has 0 amide bonds. The fourth-order valence-corrected chi connectivity index (χ4v) is 4.78. The van der Waals surface area contributed by atoms with Crippen LogP contribution in [0.25, 0.3) is 6.08 Å². The minimum atomic E-state index is -0.797. The number of furan rings is 1. The van der Waals surface area contributed by atoms with Gasteiger partial charge in [0, 0.05) is 11.6 Å². The highest BCUT2D eigenvalue weighted by Crippen LogP contribution is 2.40. The number of carbonyl (C=O) groups is 1. The number of thiazole rings is 1. The van der Waals surface area contributed by atoms with Crippen LogP contribution in [0, 0.1) is 0 Å². The van der Waals surface area contributed by atoms with Gasteiger partial charge in [0.1, 0.15) is 11.8 Å². The summed E-state index contributed by atoms with van der Waals surface area (Å²) in [5.74, 6) is 0.973. The molecule has 0 saturated heterocycles. The van der Waals surface area contributed by atoms with Crippen LogP contribution < -0.4 is 24.4 Å². The first kappa shape index (κ1) is 22.6. The molecule has 1 aromatic carbocycles. The summed E-state index contributed by atoms with van der Waals surface area (Å²) in [6.45, 7) is 4.18. The highest BCUT2D eigenvalue weighted by atomic mass is 32.1. The molecule has 3 heterocycles. The van der Waals surface area contributed by atoms with Gasteiger partial charge in [-0.2, -0.15) is 0 Å². The SMILES string of the molecule is CCCOc1c(OC)cccc1[C@H]1C(C(=O)OC)=C(C)N=c2s/c(=C/c3ccco3)c(=O)n21. The van der Waals surface area contributed by atoms with Crippen LogP contribution >= 0.6 is 11.3 Å². The zero-order valence-electron chi connectivity index (χ0n) is 18.8. The lowest BCUT2D eigenvalue weighted by Crippen LogP contribution is -2.40. The largest absolute Gasteiger partial charge is 0.493 e. The van der Waals surface area contributed by atoms with E-state index in [4.69, 9.17) is 18.6 Å². The van der Waals surface area contributed by atoms with Crippen LogP contribution in [0.15, 0.2) is 62.1 Å². The molecule has 8 nitrogen and oxygen atoms in total. The number of benzene rings is 1. The summed E-state index contributed by atoms with van der Waals surface area (Å²) >= 11 is 1.23. The molecule has 3 aromatic rings. The third-order valence-electron chi connectivity index (χ3n) is 5.22. The molecule has 0 fully saturated rings. The average molecular weight is 469 g/mol. The number of nitrogens with zero attached hydrogens (tertiary/aromatic N) is 2. The maximum Gasteiger partial charge on any atom is 0.338 e. The van der Waals surface area contributed by atoms with Crippen molar-refractivity contribution in [1.82, 2.24) is 4.57 Å². The van der Waals surface area contributed by atoms with E-state index in [1.807, 2.05) is 13.0 Å². The molecule has 4 rings (SSSR count). The number of ether oxygens (including phenoxy) is 3. The minimum Gasteiger partial charge on any atom is -0.493 e. The normalized spacial score (nSPS) is 15.8. The number of esters is 1. The van der Waals surface area contributed by atoms with Gasteiger partial charge >= 0.3 is 5.97 Å². The lowest BCUT2D eigenvalue weighted by molar-refractivity contribution is -0.136. The third-order valence-corrected chi connectivity index (χ3v) is 6.20. The quantitative estimate of drug-likeness (QED) is 0.495. The Hall–Kier alpha value is -3.59.